The summed E-state index contributed by atoms with van der Waals surface area (Å²) in [6.45, 7) is 1.42. The van der Waals surface area contributed by atoms with E-state index in [2.05, 4.69) is 0 Å². The minimum absolute atomic E-state index is 0.0523. The zero-order chi connectivity index (χ0) is 20.0. The molecule has 4 atom stereocenters. The van der Waals surface area contributed by atoms with Gasteiger partial charge in [0.25, 0.3) is 5.91 Å². The number of aliphatic hydroxyl groups is 1. The SMILES string of the molecule is O=C(c1cccc2c1OCO2)N1C[C@H]2C[C@@H](Oc3cccc(Cl)c3)[C@H](O)C[C@H]2C1. The summed E-state index contributed by atoms with van der Waals surface area (Å²) in [6.07, 6.45) is 0.450. The zero-order valence-corrected chi connectivity index (χ0v) is 16.5. The van der Waals surface area contributed by atoms with Crippen LogP contribution in [0.15, 0.2) is 42.5 Å². The van der Waals surface area contributed by atoms with Crippen LogP contribution in [0.25, 0.3) is 0 Å². The smallest absolute Gasteiger partial charge is 0.257 e. The molecule has 2 heterocycles. The largest absolute Gasteiger partial charge is 0.488 e. The van der Waals surface area contributed by atoms with Crippen molar-refractivity contribution >= 4 is 17.5 Å². The highest BCUT2D eigenvalue weighted by atomic mass is 35.5. The summed E-state index contributed by atoms with van der Waals surface area (Å²) in [5.41, 5.74) is 0.533. The van der Waals surface area contributed by atoms with E-state index >= 15 is 0 Å². The van der Waals surface area contributed by atoms with E-state index in [9.17, 15) is 9.90 Å². The number of likely N-dealkylation sites (tertiary alicyclic amines) is 1. The molecule has 2 aromatic rings. The Morgan fingerprint density at radius 3 is 2.72 bits per heavy atom. The van der Waals surface area contributed by atoms with Crippen LogP contribution in [0.5, 0.6) is 17.2 Å². The maximum atomic E-state index is 13.1. The number of aliphatic hydroxyl groups excluding tert-OH is 1. The van der Waals surface area contributed by atoms with Gasteiger partial charge in [-0.25, -0.2) is 0 Å². The highest BCUT2D eigenvalue weighted by molar-refractivity contribution is 6.30. The number of amides is 1. The number of nitrogens with zero attached hydrogens (tertiary/aromatic N) is 1. The summed E-state index contributed by atoms with van der Waals surface area (Å²) in [5.74, 6) is 2.29. The first-order valence-corrected chi connectivity index (χ1v) is 10.2. The first kappa shape index (κ1) is 18.6. The minimum atomic E-state index is -0.567. The van der Waals surface area contributed by atoms with Crippen molar-refractivity contribution < 1.29 is 24.1 Å². The number of hydrogen-bond donors (Lipinski definition) is 1. The molecule has 2 aromatic carbocycles. The highest BCUT2D eigenvalue weighted by Gasteiger charge is 2.44. The lowest BCUT2D eigenvalue weighted by atomic mass is 9.78. The van der Waals surface area contributed by atoms with Crippen LogP contribution in [0.1, 0.15) is 23.2 Å². The van der Waals surface area contributed by atoms with E-state index < -0.39 is 6.10 Å². The second kappa shape index (κ2) is 7.43. The molecule has 1 aliphatic carbocycles. The molecule has 29 heavy (non-hydrogen) atoms. The van der Waals surface area contributed by atoms with E-state index in [0.29, 0.717) is 59.7 Å². The Balaban J connectivity index is 1.29. The minimum Gasteiger partial charge on any atom is -0.488 e. The molecule has 152 valence electrons. The van der Waals surface area contributed by atoms with Crippen molar-refractivity contribution in [1.82, 2.24) is 4.90 Å². The molecule has 6 nitrogen and oxygen atoms in total. The van der Waals surface area contributed by atoms with E-state index in [1.807, 2.05) is 23.1 Å². The standard InChI is InChI=1S/C22H22ClNO5/c23-15-3-1-4-16(9-15)29-20-8-14-11-24(10-13(14)7-18(20)25)22(26)17-5-2-6-19-21(17)28-12-27-19/h1-6,9,13-14,18,20,25H,7-8,10-12H2/t13-,14+,18+,20+/m0/s1. The molecule has 0 spiro atoms. The predicted molar refractivity (Wildman–Crippen MR) is 107 cm³/mol. The molecule has 1 saturated heterocycles. The second-order valence-corrected chi connectivity index (χ2v) is 8.36. The van der Waals surface area contributed by atoms with Crippen LogP contribution in [0.3, 0.4) is 0 Å². The van der Waals surface area contributed by atoms with Gasteiger partial charge >= 0.3 is 0 Å². The van der Waals surface area contributed by atoms with Crippen molar-refractivity contribution in [3.05, 3.63) is 53.1 Å². The first-order valence-electron chi connectivity index (χ1n) is 9.86. The van der Waals surface area contributed by atoms with Crippen molar-refractivity contribution in [3.8, 4) is 17.2 Å². The Labute approximate surface area is 173 Å². The fraction of sp³-hybridized carbons (Fsp3) is 0.409. The third-order valence-corrected chi connectivity index (χ3v) is 6.32. The highest BCUT2D eigenvalue weighted by Crippen LogP contribution is 2.41. The number of para-hydroxylation sites is 1. The predicted octanol–water partition coefficient (Wildman–Crippen LogP) is 3.36. The molecule has 2 aliphatic heterocycles. The Bertz CT molecular complexity index is 935. The molecule has 3 aliphatic rings. The number of ether oxygens (including phenoxy) is 3. The van der Waals surface area contributed by atoms with Gasteiger partial charge in [0, 0.05) is 18.1 Å². The Kier molecular flexibility index (Phi) is 4.76. The van der Waals surface area contributed by atoms with Crippen molar-refractivity contribution in [2.24, 2.45) is 11.8 Å². The third kappa shape index (κ3) is 3.51. The zero-order valence-electron chi connectivity index (χ0n) is 15.8. The number of carbonyl (C=O) groups is 1. The second-order valence-electron chi connectivity index (χ2n) is 7.92. The van der Waals surface area contributed by atoms with Crippen LogP contribution in [-0.4, -0.2) is 48.0 Å². The summed E-state index contributed by atoms with van der Waals surface area (Å²) < 4.78 is 16.9. The first-order chi connectivity index (χ1) is 14.1. The summed E-state index contributed by atoms with van der Waals surface area (Å²) in [4.78, 5) is 15.0. The molecule has 0 radical (unpaired) electrons. The Morgan fingerprint density at radius 2 is 1.90 bits per heavy atom. The van der Waals surface area contributed by atoms with Crippen molar-refractivity contribution in [2.45, 2.75) is 25.0 Å². The lowest BCUT2D eigenvalue weighted by Crippen LogP contribution is -2.42. The van der Waals surface area contributed by atoms with E-state index in [1.165, 1.54) is 0 Å². The van der Waals surface area contributed by atoms with Gasteiger partial charge in [0.2, 0.25) is 6.79 Å². The lowest BCUT2D eigenvalue weighted by Gasteiger charge is -2.35. The Hall–Kier alpha value is -2.44. The van der Waals surface area contributed by atoms with Crippen LogP contribution in [-0.2, 0) is 0 Å². The van der Waals surface area contributed by atoms with Gasteiger partial charge in [-0.15, -0.1) is 0 Å². The fourth-order valence-corrected chi connectivity index (χ4v) is 4.85. The van der Waals surface area contributed by atoms with E-state index in [1.54, 1.807) is 24.3 Å². The third-order valence-electron chi connectivity index (χ3n) is 6.08. The average Bonchev–Trinajstić information content (AvgIpc) is 3.34. The molecule has 1 amide bonds. The molecule has 7 heteroatoms. The van der Waals surface area contributed by atoms with Gasteiger partial charge in [-0.2, -0.15) is 0 Å². The van der Waals surface area contributed by atoms with Gasteiger partial charge < -0.3 is 24.2 Å². The lowest BCUT2D eigenvalue weighted by molar-refractivity contribution is -0.0231. The molecule has 0 bridgehead atoms. The van der Waals surface area contributed by atoms with Crippen LogP contribution >= 0.6 is 11.6 Å². The van der Waals surface area contributed by atoms with Gasteiger partial charge in [-0.1, -0.05) is 23.7 Å². The number of halogens is 1. The molecular formula is C22H22ClNO5. The van der Waals surface area contributed by atoms with Gasteiger partial charge in [0.15, 0.2) is 11.5 Å². The maximum Gasteiger partial charge on any atom is 0.257 e. The molecule has 2 fully saturated rings. The molecule has 1 N–H and O–H groups in total. The van der Waals surface area contributed by atoms with Crippen LogP contribution in [0.2, 0.25) is 5.02 Å². The van der Waals surface area contributed by atoms with Crippen LogP contribution in [0, 0.1) is 11.8 Å². The van der Waals surface area contributed by atoms with E-state index in [4.69, 9.17) is 25.8 Å². The fourth-order valence-electron chi connectivity index (χ4n) is 4.67. The molecule has 0 unspecified atom stereocenters. The van der Waals surface area contributed by atoms with Gasteiger partial charge in [-0.05, 0) is 55.0 Å². The summed E-state index contributed by atoms with van der Waals surface area (Å²) in [5, 5.41) is 11.2. The van der Waals surface area contributed by atoms with Gasteiger partial charge in [0.05, 0.1) is 11.7 Å². The summed E-state index contributed by atoms with van der Waals surface area (Å²) in [7, 11) is 0. The Morgan fingerprint density at radius 1 is 1.10 bits per heavy atom. The van der Waals surface area contributed by atoms with E-state index in [-0.39, 0.29) is 24.7 Å². The normalized spacial score (nSPS) is 27.6. The number of carbonyl (C=O) groups excluding carboxylic acids is 1. The van der Waals surface area contributed by atoms with Crippen molar-refractivity contribution in [3.63, 3.8) is 0 Å². The molecule has 0 aromatic heterocycles. The quantitative estimate of drug-likeness (QED) is 0.832. The molecular weight excluding hydrogens is 394 g/mol. The number of rotatable bonds is 3. The number of benzene rings is 2. The average molecular weight is 416 g/mol. The topological polar surface area (TPSA) is 68.2 Å². The number of fused-ring (bicyclic) bond motifs is 2. The van der Waals surface area contributed by atoms with Crippen LogP contribution in [0.4, 0.5) is 0 Å². The summed E-state index contributed by atoms with van der Waals surface area (Å²) in [6, 6.07) is 12.6. The molecule has 5 rings (SSSR count). The van der Waals surface area contributed by atoms with Gasteiger partial charge in [-0.3, -0.25) is 4.79 Å². The van der Waals surface area contributed by atoms with E-state index in [0.717, 1.165) is 0 Å². The van der Waals surface area contributed by atoms with Gasteiger partial charge in [0.1, 0.15) is 11.9 Å². The molecule has 1 saturated carbocycles. The number of hydrogen-bond acceptors (Lipinski definition) is 5. The van der Waals surface area contributed by atoms with Crippen molar-refractivity contribution in [1.29, 1.82) is 0 Å². The summed E-state index contributed by atoms with van der Waals surface area (Å²) >= 11 is 6.03. The monoisotopic (exact) mass is 415 g/mol. The maximum absolute atomic E-state index is 13.1. The van der Waals surface area contributed by atoms with Crippen molar-refractivity contribution in [2.75, 3.05) is 19.9 Å². The van der Waals surface area contributed by atoms with Crippen LogP contribution < -0.4 is 14.2 Å².